The molecule has 2 heterocycles. The first-order valence-corrected chi connectivity index (χ1v) is 9.87. The first-order valence-electron chi connectivity index (χ1n) is 9.87. The van der Waals surface area contributed by atoms with E-state index in [0.717, 1.165) is 45.0 Å². The van der Waals surface area contributed by atoms with Gasteiger partial charge in [0.25, 0.3) is 0 Å². The molecule has 2 aliphatic heterocycles. The van der Waals surface area contributed by atoms with Crippen molar-refractivity contribution in [1.82, 2.24) is 10.6 Å². The number of anilines is 1. The van der Waals surface area contributed by atoms with Crippen LogP contribution in [0.25, 0.3) is 0 Å². The summed E-state index contributed by atoms with van der Waals surface area (Å²) in [5.41, 5.74) is 1.01. The molecule has 4 unspecified atom stereocenters. The highest BCUT2D eigenvalue weighted by molar-refractivity contribution is 5.85. The number of hydrogen-bond donors (Lipinski definition) is 2. The van der Waals surface area contributed by atoms with Crippen molar-refractivity contribution in [3.8, 4) is 0 Å². The molecule has 26 heavy (non-hydrogen) atoms. The summed E-state index contributed by atoms with van der Waals surface area (Å²) in [6.45, 7) is 4.66. The summed E-state index contributed by atoms with van der Waals surface area (Å²) in [6, 6.07) is 8.58. The molecule has 3 aliphatic rings. The summed E-state index contributed by atoms with van der Waals surface area (Å²) < 4.78 is 19.2. The molecule has 2 N–H and O–H groups in total. The number of nitrogens with zero attached hydrogens (tertiary/aromatic N) is 1. The van der Waals surface area contributed by atoms with E-state index < -0.39 is 0 Å². The predicted octanol–water partition coefficient (Wildman–Crippen LogP) is 2.96. The van der Waals surface area contributed by atoms with Crippen molar-refractivity contribution in [3.05, 3.63) is 30.1 Å². The average Bonchev–Trinajstić information content (AvgIpc) is 3.11. The monoisotopic (exact) mass is 383 g/mol. The van der Waals surface area contributed by atoms with Crippen LogP contribution in [0.15, 0.2) is 24.3 Å². The van der Waals surface area contributed by atoms with Gasteiger partial charge < -0.3 is 20.3 Å². The van der Waals surface area contributed by atoms with Gasteiger partial charge in [-0.3, -0.25) is 0 Å². The lowest BCUT2D eigenvalue weighted by molar-refractivity contribution is 0.0515. The molecule has 4 atom stereocenters. The number of nitrogens with one attached hydrogen (secondary N) is 2. The summed E-state index contributed by atoms with van der Waals surface area (Å²) in [4.78, 5) is 2.33. The van der Waals surface area contributed by atoms with Crippen LogP contribution in [0.4, 0.5) is 10.1 Å². The zero-order valence-electron chi connectivity index (χ0n) is 15.3. The van der Waals surface area contributed by atoms with E-state index in [0.29, 0.717) is 24.0 Å². The summed E-state index contributed by atoms with van der Waals surface area (Å²) >= 11 is 0. The Morgan fingerprint density at radius 3 is 2.92 bits per heavy atom. The number of hydrogen-bond acceptors (Lipinski definition) is 4. The minimum atomic E-state index is -0.146. The number of benzene rings is 1. The van der Waals surface area contributed by atoms with Crippen LogP contribution in [0.3, 0.4) is 0 Å². The van der Waals surface area contributed by atoms with Gasteiger partial charge in [-0.05, 0) is 49.8 Å². The third kappa shape index (κ3) is 4.69. The molecule has 0 spiro atoms. The molecule has 1 aliphatic carbocycles. The van der Waals surface area contributed by atoms with Crippen LogP contribution in [0.2, 0.25) is 0 Å². The molecule has 6 heteroatoms. The zero-order chi connectivity index (χ0) is 17.1. The molecule has 0 amide bonds. The molecule has 3 fully saturated rings. The summed E-state index contributed by atoms with van der Waals surface area (Å²) in [5.74, 6) is 0.525. The molecule has 2 saturated heterocycles. The lowest BCUT2D eigenvalue weighted by Crippen LogP contribution is -2.55. The molecule has 0 aromatic heterocycles. The molecule has 1 saturated carbocycles. The molecule has 0 bridgehead atoms. The Bertz CT molecular complexity index is 570. The van der Waals surface area contributed by atoms with Crippen LogP contribution >= 0.6 is 12.4 Å². The molecule has 4 nitrogen and oxygen atoms in total. The quantitative estimate of drug-likeness (QED) is 0.838. The van der Waals surface area contributed by atoms with Gasteiger partial charge in [-0.2, -0.15) is 0 Å². The highest BCUT2D eigenvalue weighted by Crippen LogP contribution is 2.31. The van der Waals surface area contributed by atoms with E-state index >= 15 is 0 Å². The van der Waals surface area contributed by atoms with E-state index in [1.165, 1.54) is 31.7 Å². The maximum atomic E-state index is 13.5. The molecule has 1 aromatic rings. The molecular formula is C20H31ClFN3O. The van der Waals surface area contributed by atoms with Crippen molar-refractivity contribution in [2.75, 3.05) is 37.7 Å². The van der Waals surface area contributed by atoms with Crippen LogP contribution in [0, 0.1) is 11.7 Å². The number of ether oxygens (including phenoxy) is 1. The Morgan fingerprint density at radius 1 is 1.19 bits per heavy atom. The number of morpholine rings is 1. The predicted molar refractivity (Wildman–Crippen MR) is 106 cm³/mol. The molecule has 1 aromatic carbocycles. The fourth-order valence-electron chi connectivity index (χ4n) is 4.86. The summed E-state index contributed by atoms with van der Waals surface area (Å²) in [7, 11) is 0. The normalized spacial score (nSPS) is 32.3. The Hall–Kier alpha value is -0.880. The number of piperidine rings is 1. The summed E-state index contributed by atoms with van der Waals surface area (Å²) in [6.07, 6.45) is 6.24. The SMILES string of the molecule is Cl.Fc1cccc(N2CCCC(NC3CCCC3C3COCCN3)C2)c1. The Morgan fingerprint density at radius 2 is 2.12 bits per heavy atom. The molecule has 4 rings (SSSR count). The standard InChI is InChI=1S/C20H30FN3O.ClH/c21-15-4-1-6-17(12-15)24-10-3-5-16(13-24)23-19-8-2-7-18(19)20-14-25-11-9-22-20;/h1,4,6,12,16,18-20,22-23H,2-3,5,7-11,13-14H2;1H. The van der Waals surface area contributed by atoms with Crippen LogP contribution in [0.1, 0.15) is 32.1 Å². The fraction of sp³-hybridized carbons (Fsp3) is 0.700. The fourth-order valence-corrected chi connectivity index (χ4v) is 4.86. The lowest BCUT2D eigenvalue weighted by Gasteiger charge is -2.39. The first kappa shape index (κ1) is 19.9. The van der Waals surface area contributed by atoms with Gasteiger partial charge in [-0.1, -0.05) is 12.5 Å². The van der Waals surface area contributed by atoms with Crippen molar-refractivity contribution in [1.29, 1.82) is 0 Å². The van der Waals surface area contributed by atoms with Crippen molar-refractivity contribution in [2.45, 2.75) is 50.2 Å². The lowest BCUT2D eigenvalue weighted by atomic mass is 9.92. The van der Waals surface area contributed by atoms with E-state index in [1.54, 1.807) is 6.07 Å². The van der Waals surface area contributed by atoms with Gasteiger partial charge in [0.1, 0.15) is 5.82 Å². The van der Waals surface area contributed by atoms with E-state index in [-0.39, 0.29) is 18.2 Å². The van der Waals surface area contributed by atoms with Crippen molar-refractivity contribution in [3.63, 3.8) is 0 Å². The number of rotatable bonds is 4. The first-order chi connectivity index (χ1) is 12.3. The summed E-state index contributed by atoms with van der Waals surface area (Å²) in [5, 5.41) is 7.60. The van der Waals surface area contributed by atoms with Gasteiger partial charge in [0, 0.05) is 43.4 Å². The van der Waals surface area contributed by atoms with Gasteiger partial charge in [-0.25, -0.2) is 4.39 Å². The van der Waals surface area contributed by atoms with Crippen LogP contribution in [-0.2, 0) is 4.74 Å². The maximum absolute atomic E-state index is 13.5. The Labute approximate surface area is 162 Å². The third-order valence-electron chi connectivity index (χ3n) is 6.08. The third-order valence-corrected chi connectivity index (χ3v) is 6.08. The highest BCUT2D eigenvalue weighted by atomic mass is 35.5. The molecule has 0 radical (unpaired) electrons. The molecule has 146 valence electrons. The second kappa shape index (κ2) is 9.36. The smallest absolute Gasteiger partial charge is 0.125 e. The van der Waals surface area contributed by atoms with Crippen molar-refractivity contribution < 1.29 is 9.13 Å². The van der Waals surface area contributed by atoms with Crippen molar-refractivity contribution >= 4 is 18.1 Å². The number of halogens is 2. The largest absolute Gasteiger partial charge is 0.379 e. The van der Waals surface area contributed by atoms with E-state index in [2.05, 4.69) is 15.5 Å². The second-order valence-corrected chi connectivity index (χ2v) is 7.77. The van der Waals surface area contributed by atoms with E-state index in [9.17, 15) is 4.39 Å². The minimum Gasteiger partial charge on any atom is -0.379 e. The van der Waals surface area contributed by atoms with Gasteiger partial charge in [0.05, 0.1) is 13.2 Å². The maximum Gasteiger partial charge on any atom is 0.125 e. The van der Waals surface area contributed by atoms with Crippen molar-refractivity contribution in [2.24, 2.45) is 5.92 Å². The minimum absolute atomic E-state index is 0. The van der Waals surface area contributed by atoms with Gasteiger partial charge >= 0.3 is 0 Å². The van der Waals surface area contributed by atoms with Gasteiger partial charge in [0.15, 0.2) is 0 Å². The van der Waals surface area contributed by atoms with Crippen LogP contribution in [-0.4, -0.2) is 51.0 Å². The highest BCUT2D eigenvalue weighted by Gasteiger charge is 2.36. The van der Waals surface area contributed by atoms with Gasteiger partial charge in [-0.15, -0.1) is 12.4 Å². The zero-order valence-corrected chi connectivity index (χ0v) is 16.1. The molecular weight excluding hydrogens is 353 g/mol. The van der Waals surface area contributed by atoms with Crippen LogP contribution in [0.5, 0.6) is 0 Å². The average molecular weight is 384 g/mol. The Balaban J connectivity index is 0.00000196. The van der Waals surface area contributed by atoms with Gasteiger partial charge in [0.2, 0.25) is 0 Å². The Kier molecular flexibility index (Phi) is 7.15. The van der Waals surface area contributed by atoms with E-state index in [1.807, 2.05) is 12.1 Å². The second-order valence-electron chi connectivity index (χ2n) is 7.77. The van der Waals surface area contributed by atoms with Crippen LogP contribution < -0.4 is 15.5 Å². The van der Waals surface area contributed by atoms with E-state index in [4.69, 9.17) is 4.74 Å². The topological polar surface area (TPSA) is 36.5 Å².